The summed E-state index contributed by atoms with van der Waals surface area (Å²) in [6.07, 6.45) is 0. The molecule has 0 aliphatic carbocycles. The molecule has 2 rings (SSSR count). The molecule has 25 heavy (non-hydrogen) atoms. The van der Waals surface area contributed by atoms with Crippen molar-refractivity contribution < 1.29 is 14.3 Å². The Morgan fingerprint density at radius 1 is 1.16 bits per heavy atom. The second kappa shape index (κ2) is 11.4. The van der Waals surface area contributed by atoms with E-state index in [1.54, 1.807) is 14.2 Å². The zero-order valence-electron chi connectivity index (χ0n) is 15.2. The molecule has 144 valence electrons. The third-order valence-electron chi connectivity index (χ3n) is 4.34. The molecule has 1 aromatic carbocycles. The van der Waals surface area contributed by atoms with Gasteiger partial charge in [0.15, 0.2) is 0 Å². The molecule has 1 fully saturated rings. The Kier molecular flexibility index (Phi) is 10.9. The van der Waals surface area contributed by atoms with E-state index in [9.17, 15) is 4.79 Å². The average Bonchev–Trinajstić information content (AvgIpc) is 2.61. The number of carbonyl (C=O) groups is 1. The van der Waals surface area contributed by atoms with Crippen LogP contribution in [0, 0.1) is 0 Å². The van der Waals surface area contributed by atoms with E-state index in [0.717, 1.165) is 43.2 Å². The van der Waals surface area contributed by atoms with Crippen molar-refractivity contribution in [3.05, 3.63) is 23.8 Å². The first-order chi connectivity index (χ1) is 11.1. The third-order valence-corrected chi connectivity index (χ3v) is 4.34. The van der Waals surface area contributed by atoms with Crippen molar-refractivity contribution in [1.29, 1.82) is 0 Å². The summed E-state index contributed by atoms with van der Waals surface area (Å²) >= 11 is 0. The molecule has 6 nitrogen and oxygen atoms in total. The van der Waals surface area contributed by atoms with Crippen molar-refractivity contribution in [2.75, 3.05) is 40.4 Å². The van der Waals surface area contributed by atoms with Crippen molar-refractivity contribution in [3.8, 4) is 11.5 Å². The third kappa shape index (κ3) is 6.22. The van der Waals surface area contributed by atoms with Crippen LogP contribution in [0.5, 0.6) is 11.5 Å². The van der Waals surface area contributed by atoms with E-state index in [0.29, 0.717) is 0 Å². The van der Waals surface area contributed by atoms with Crippen LogP contribution in [0.15, 0.2) is 18.2 Å². The second-order valence-electron chi connectivity index (χ2n) is 5.80. The Bertz CT molecular complexity index is 540. The zero-order chi connectivity index (χ0) is 16.8. The van der Waals surface area contributed by atoms with Gasteiger partial charge in [-0.1, -0.05) is 0 Å². The largest absolute Gasteiger partial charge is 0.497 e. The Balaban J connectivity index is 0.00000288. The molecule has 2 N–H and O–H groups in total. The average molecular weight is 394 g/mol. The van der Waals surface area contributed by atoms with Crippen LogP contribution in [-0.2, 0) is 4.79 Å². The van der Waals surface area contributed by atoms with Crippen molar-refractivity contribution in [1.82, 2.24) is 15.5 Å². The van der Waals surface area contributed by atoms with Crippen LogP contribution in [0.3, 0.4) is 0 Å². The van der Waals surface area contributed by atoms with Gasteiger partial charge in [-0.05, 0) is 32.0 Å². The summed E-state index contributed by atoms with van der Waals surface area (Å²) in [4.78, 5) is 14.7. The predicted octanol–water partition coefficient (Wildman–Crippen LogP) is 2.02. The molecule has 0 saturated carbocycles. The standard InChI is InChI=1S/C17H27N3O3.2ClH/c1-12(15-11-14(22-3)5-6-16(15)23-4)19-17(21)13(2)20-9-7-18-8-10-20;;/h5-6,11-13,18H,7-10H2,1-4H3,(H,19,21);2*1H. The second-order valence-corrected chi connectivity index (χ2v) is 5.80. The Labute approximate surface area is 162 Å². The smallest absolute Gasteiger partial charge is 0.237 e. The zero-order valence-corrected chi connectivity index (χ0v) is 16.8. The maximum atomic E-state index is 12.5. The van der Waals surface area contributed by atoms with Gasteiger partial charge in [0, 0.05) is 31.7 Å². The summed E-state index contributed by atoms with van der Waals surface area (Å²) in [7, 11) is 3.25. The molecule has 1 saturated heterocycles. The number of carbonyl (C=O) groups excluding carboxylic acids is 1. The number of ether oxygens (including phenoxy) is 2. The molecule has 0 spiro atoms. The first kappa shape index (κ1) is 23.8. The molecule has 8 heteroatoms. The highest BCUT2D eigenvalue weighted by molar-refractivity contribution is 5.85. The molecule has 1 aliphatic heterocycles. The summed E-state index contributed by atoms with van der Waals surface area (Å²) in [5, 5.41) is 6.38. The van der Waals surface area contributed by atoms with Crippen LogP contribution < -0.4 is 20.1 Å². The number of amides is 1. The summed E-state index contributed by atoms with van der Waals surface area (Å²) in [5.41, 5.74) is 0.910. The first-order valence-corrected chi connectivity index (χ1v) is 8.04. The molecule has 0 aromatic heterocycles. The van der Waals surface area contributed by atoms with Gasteiger partial charge < -0.3 is 20.1 Å². The summed E-state index contributed by atoms with van der Waals surface area (Å²) in [6, 6.07) is 5.31. The number of nitrogens with zero attached hydrogens (tertiary/aromatic N) is 1. The topological polar surface area (TPSA) is 62.8 Å². The number of rotatable bonds is 6. The van der Waals surface area contributed by atoms with Crippen molar-refractivity contribution in [3.63, 3.8) is 0 Å². The van der Waals surface area contributed by atoms with Crippen LogP contribution in [-0.4, -0.2) is 57.2 Å². The maximum absolute atomic E-state index is 12.5. The highest BCUT2D eigenvalue weighted by Gasteiger charge is 2.24. The van der Waals surface area contributed by atoms with Gasteiger partial charge in [-0.15, -0.1) is 24.8 Å². The first-order valence-electron chi connectivity index (χ1n) is 8.04. The van der Waals surface area contributed by atoms with E-state index in [1.807, 2.05) is 32.0 Å². The van der Waals surface area contributed by atoms with E-state index in [2.05, 4.69) is 15.5 Å². The van der Waals surface area contributed by atoms with Gasteiger partial charge in [0.05, 0.1) is 26.3 Å². The number of benzene rings is 1. The van der Waals surface area contributed by atoms with Gasteiger partial charge in [-0.2, -0.15) is 0 Å². The predicted molar refractivity (Wildman–Crippen MR) is 105 cm³/mol. The fourth-order valence-electron chi connectivity index (χ4n) is 2.82. The van der Waals surface area contributed by atoms with Gasteiger partial charge in [0.25, 0.3) is 0 Å². The number of hydrogen-bond donors (Lipinski definition) is 2. The molecule has 1 amide bonds. The number of methoxy groups -OCH3 is 2. The van der Waals surface area contributed by atoms with Gasteiger partial charge in [0.1, 0.15) is 11.5 Å². The minimum absolute atomic E-state index is 0. The number of hydrogen-bond acceptors (Lipinski definition) is 5. The molecule has 0 bridgehead atoms. The minimum atomic E-state index is -0.155. The van der Waals surface area contributed by atoms with E-state index in [1.165, 1.54) is 0 Å². The summed E-state index contributed by atoms with van der Waals surface area (Å²) < 4.78 is 10.7. The Hall–Kier alpha value is -1.21. The van der Waals surface area contributed by atoms with E-state index in [4.69, 9.17) is 9.47 Å². The van der Waals surface area contributed by atoms with E-state index < -0.39 is 0 Å². The molecular formula is C17H29Cl2N3O3. The minimum Gasteiger partial charge on any atom is -0.497 e. The molecule has 2 atom stereocenters. The Morgan fingerprint density at radius 3 is 2.36 bits per heavy atom. The molecular weight excluding hydrogens is 365 g/mol. The lowest BCUT2D eigenvalue weighted by atomic mass is 10.1. The normalized spacial score (nSPS) is 16.6. The summed E-state index contributed by atoms with van der Waals surface area (Å²) in [6.45, 7) is 7.56. The van der Waals surface area contributed by atoms with Crippen molar-refractivity contribution in [2.45, 2.75) is 25.9 Å². The highest BCUT2D eigenvalue weighted by Crippen LogP contribution is 2.29. The quantitative estimate of drug-likeness (QED) is 0.773. The van der Waals surface area contributed by atoms with Gasteiger partial charge in [-0.25, -0.2) is 0 Å². The molecule has 1 aromatic rings. The monoisotopic (exact) mass is 393 g/mol. The maximum Gasteiger partial charge on any atom is 0.237 e. The molecule has 0 radical (unpaired) electrons. The number of piperazine rings is 1. The van der Waals surface area contributed by atoms with Crippen LogP contribution >= 0.6 is 24.8 Å². The highest BCUT2D eigenvalue weighted by atomic mass is 35.5. The SMILES string of the molecule is COc1ccc(OC)c(C(C)NC(=O)C(C)N2CCNCC2)c1.Cl.Cl. The fourth-order valence-corrected chi connectivity index (χ4v) is 2.82. The van der Waals surface area contributed by atoms with Gasteiger partial charge in [0.2, 0.25) is 5.91 Å². The van der Waals surface area contributed by atoms with Crippen LogP contribution in [0.25, 0.3) is 0 Å². The fraction of sp³-hybridized carbons (Fsp3) is 0.588. The van der Waals surface area contributed by atoms with Crippen molar-refractivity contribution >= 4 is 30.7 Å². The van der Waals surface area contributed by atoms with Gasteiger partial charge in [-0.3, -0.25) is 9.69 Å². The van der Waals surface area contributed by atoms with Crippen LogP contribution in [0.2, 0.25) is 0 Å². The lowest BCUT2D eigenvalue weighted by Crippen LogP contribution is -2.52. The Morgan fingerprint density at radius 2 is 1.80 bits per heavy atom. The number of nitrogens with one attached hydrogen (secondary N) is 2. The lowest BCUT2D eigenvalue weighted by Gasteiger charge is -2.32. The number of halogens is 2. The van der Waals surface area contributed by atoms with Crippen LogP contribution in [0.4, 0.5) is 0 Å². The molecule has 1 aliphatic rings. The van der Waals surface area contributed by atoms with Crippen LogP contribution in [0.1, 0.15) is 25.5 Å². The van der Waals surface area contributed by atoms with E-state index >= 15 is 0 Å². The van der Waals surface area contributed by atoms with Crippen molar-refractivity contribution in [2.24, 2.45) is 0 Å². The molecule has 1 heterocycles. The summed E-state index contributed by atoms with van der Waals surface area (Å²) in [5.74, 6) is 1.52. The molecule has 2 unspecified atom stereocenters. The lowest BCUT2D eigenvalue weighted by molar-refractivity contribution is -0.126. The van der Waals surface area contributed by atoms with E-state index in [-0.39, 0.29) is 42.8 Å². The van der Waals surface area contributed by atoms with Gasteiger partial charge >= 0.3 is 0 Å².